The smallest absolute Gasteiger partial charge is 0.222 e. The van der Waals surface area contributed by atoms with Crippen molar-refractivity contribution in [1.82, 2.24) is 5.32 Å². The molecule has 4 heteroatoms. The number of carbonyl (C=O) groups is 1. The highest BCUT2D eigenvalue weighted by Crippen LogP contribution is 2.22. The van der Waals surface area contributed by atoms with Gasteiger partial charge >= 0.3 is 0 Å². The summed E-state index contributed by atoms with van der Waals surface area (Å²) in [4.78, 5) is 14.2. The van der Waals surface area contributed by atoms with Crippen LogP contribution in [-0.4, -0.2) is 11.9 Å². The summed E-state index contributed by atoms with van der Waals surface area (Å²) < 4.78 is 0. The molecule has 0 bridgehead atoms. The van der Waals surface area contributed by atoms with Crippen molar-refractivity contribution in [3.8, 4) is 0 Å². The quantitative estimate of drug-likeness (QED) is 0.820. The van der Waals surface area contributed by atoms with E-state index in [1.54, 1.807) is 11.3 Å². The van der Waals surface area contributed by atoms with Gasteiger partial charge in [0.05, 0.1) is 6.04 Å². The first kappa shape index (κ1) is 14.2. The summed E-state index contributed by atoms with van der Waals surface area (Å²) in [6.07, 6.45) is 2.34. The average molecular weight is 254 g/mol. The van der Waals surface area contributed by atoms with Gasteiger partial charge in [-0.25, -0.2) is 0 Å². The lowest BCUT2D eigenvalue weighted by Gasteiger charge is -2.14. The maximum atomic E-state index is 11.7. The molecule has 1 aromatic heterocycles. The maximum Gasteiger partial charge on any atom is 0.222 e. The highest BCUT2D eigenvalue weighted by molar-refractivity contribution is 7.12. The molecular weight excluding hydrogens is 232 g/mol. The molecule has 0 aliphatic carbocycles. The summed E-state index contributed by atoms with van der Waals surface area (Å²) in [5, 5.41) is 2.99. The normalized spacial score (nSPS) is 14.4. The second kappa shape index (κ2) is 6.77. The first-order valence-electron chi connectivity index (χ1n) is 6.14. The number of aryl methyl sites for hydroxylation is 1. The largest absolute Gasteiger partial charge is 0.349 e. The second-order valence-corrected chi connectivity index (χ2v) is 5.81. The molecule has 0 aromatic carbocycles. The van der Waals surface area contributed by atoms with Crippen molar-refractivity contribution in [3.63, 3.8) is 0 Å². The van der Waals surface area contributed by atoms with E-state index >= 15 is 0 Å². The first-order valence-corrected chi connectivity index (χ1v) is 6.95. The number of nitrogens with two attached hydrogens (primary N) is 1. The Morgan fingerprint density at radius 2 is 2.24 bits per heavy atom. The van der Waals surface area contributed by atoms with Gasteiger partial charge in [-0.05, 0) is 32.4 Å². The van der Waals surface area contributed by atoms with E-state index in [1.165, 1.54) is 9.75 Å². The van der Waals surface area contributed by atoms with Gasteiger partial charge in [0, 0.05) is 22.2 Å². The van der Waals surface area contributed by atoms with E-state index in [0.717, 1.165) is 12.8 Å². The van der Waals surface area contributed by atoms with E-state index in [4.69, 9.17) is 5.73 Å². The van der Waals surface area contributed by atoms with Gasteiger partial charge in [-0.1, -0.05) is 13.3 Å². The van der Waals surface area contributed by atoms with Crippen LogP contribution in [0.25, 0.3) is 0 Å². The van der Waals surface area contributed by atoms with Crippen LogP contribution in [0.15, 0.2) is 12.1 Å². The highest BCUT2D eigenvalue weighted by atomic mass is 32.1. The van der Waals surface area contributed by atoms with Crippen LogP contribution in [-0.2, 0) is 4.79 Å². The third-order valence-electron chi connectivity index (χ3n) is 2.67. The minimum Gasteiger partial charge on any atom is -0.349 e. The van der Waals surface area contributed by atoms with Gasteiger partial charge in [0.25, 0.3) is 0 Å². The summed E-state index contributed by atoms with van der Waals surface area (Å²) in [7, 11) is 0. The second-order valence-electron chi connectivity index (χ2n) is 4.49. The first-order chi connectivity index (χ1) is 8.02. The van der Waals surface area contributed by atoms with E-state index in [0.29, 0.717) is 6.42 Å². The van der Waals surface area contributed by atoms with Crippen molar-refractivity contribution in [2.75, 3.05) is 0 Å². The van der Waals surface area contributed by atoms with Gasteiger partial charge in [-0.15, -0.1) is 11.3 Å². The molecule has 0 saturated heterocycles. The summed E-state index contributed by atoms with van der Waals surface area (Å²) in [6, 6.07) is 4.20. The number of rotatable bonds is 6. The maximum absolute atomic E-state index is 11.7. The lowest BCUT2D eigenvalue weighted by atomic mass is 10.1. The molecule has 96 valence electrons. The van der Waals surface area contributed by atoms with Crippen LogP contribution in [0.3, 0.4) is 0 Å². The van der Waals surface area contributed by atoms with Crippen LogP contribution in [0.1, 0.15) is 48.9 Å². The Hall–Kier alpha value is -0.870. The van der Waals surface area contributed by atoms with Crippen molar-refractivity contribution >= 4 is 17.2 Å². The molecule has 0 aliphatic rings. The minimum atomic E-state index is -0.0164. The molecule has 2 atom stereocenters. The van der Waals surface area contributed by atoms with Gasteiger partial charge in [-0.3, -0.25) is 4.79 Å². The lowest BCUT2D eigenvalue weighted by molar-refractivity contribution is -0.122. The fourth-order valence-corrected chi connectivity index (χ4v) is 2.65. The van der Waals surface area contributed by atoms with E-state index in [-0.39, 0.29) is 18.0 Å². The highest BCUT2D eigenvalue weighted by Gasteiger charge is 2.13. The van der Waals surface area contributed by atoms with Gasteiger partial charge in [0.2, 0.25) is 5.91 Å². The van der Waals surface area contributed by atoms with E-state index < -0.39 is 0 Å². The van der Waals surface area contributed by atoms with Crippen LogP contribution in [0, 0.1) is 6.92 Å². The molecule has 1 heterocycles. The predicted octanol–water partition coefficient (Wildman–Crippen LogP) is 2.75. The Kier molecular flexibility index (Phi) is 5.65. The van der Waals surface area contributed by atoms with Crippen molar-refractivity contribution < 1.29 is 4.79 Å². The fourth-order valence-electron chi connectivity index (χ4n) is 1.77. The Labute approximate surface area is 107 Å². The minimum absolute atomic E-state index is 0.0164. The zero-order valence-electron chi connectivity index (χ0n) is 10.8. The van der Waals surface area contributed by atoms with Gasteiger partial charge in [-0.2, -0.15) is 0 Å². The Morgan fingerprint density at radius 3 is 2.76 bits per heavy atom. The van der Waals surface area contributed by atoms with E-state index in [9.17, 15) is 4.79 Å². The summed E-state index contributed by atoms with van der Waals surface area (Å²) in [6.45, 7) is 6.16. The number of nitrogens with one attached hydrogen (secondary N) is 1. The Morgan fingerprint density at radius 1 is 1.53 bits per heavy atom. The van der Waals surface area contributed by atoms with Crippen LogP contribution in [0.4, 0.5) is 0 Å². The topological polar surface area (TPSA) is 55.1 Å². The van der Waals surface area contributed by atoms with Crippen molar-refractivity contribution in [3.05, 3.63) is 21.9 Å². The molecule has 0 fully saturated rings. The van der Waals surface area contributed by atoms with Crippen LogP contribution >= 0.6 is 11.3 Å². The molecule has 1 aromatic rings. The van der Waals surface area contributed by atoms with Gasteiger partial charge in [0.1, 0.15) is 0 Å². The van der Waals surface area contributed by atoms with Crippen molar-refractivity contribution in [2.45, 2.75) is 52.1 Å². The Balaban J connectivity index is 2.40. The van der Waals surface area contributed by atoms with Gasteiger partial charge in [0.15, 0.2) is 0 Å². The number of amides is 1. The lowest BCUT2D eigenvalue weighted by Crippen LogP contribution is -2.32. The average Bonchev–Trinajstić information content (AvgIpc) is 2.64. The number of carbonyl (C=O) groups excluding carboxylic acids is 1. The third kappa shape index (κ3) is 4.88. The summed E-state index contributed by atoms with van der Waals surface area (Å²) in [5.41, 5.74) is 5.85. The summed E-state index contributed by atoms with van der Waals surface area (Å²) >= 11 is 1.72. The predicted molar refractivity (Wildman–Crippen MR) is 73.1 cm³/mol. The zero-order valence-corrected chi connectivity index (χ0v) is 11.6. The molecular formula is C13H22N2OS. The molecule has 0 aliphatic heterocycles. The molecule has 3 nitrogen and oxygen atoms in total. The van der Waals surface area contributed by atoms with Crippen molar-refractivity contribution in [2.24, 2.45) is 5.73 Å². The van der Waals surface area contributed by atoms with E-state index in [2.05, 4.69) is 31.3 Å². The van der Waals surface area contributed by atoms with Crippen LogP contribution < -0.4 is 11.1 Å². The molecule has 2 unspecified atom stereocenters. The molecule has 1 amide bonds. The van der Waals surface area contributed by atoms with E-state index in [1.807, 2.05) is 6.92 Å². The molecule has 0 radical (unpaired) electrons. The number of hydrogen-bond donors (Lipinski definition) is 2. The molecule has 1 rings (SSSR count). The number of hydrogen-bond acceptors (Lipinski definition) is 3. The number of thiophene rings is 1. The molecule has 17 heavy (non-hydrogen) atoms. The third-order valence-corrected chi connectivity index (χ3v) is 3.86. The molecule has 3 N–H and O–H groups in total. The zero-order chi connectivity index (χ0) is 12.8. The fraction of sp³-hybridized carbons (Fsp3) is 0.615. The molecule has 0 spiro atoms. The van der Waals surface area contributed by atoms with Gasteiger partial charge < -0.3 is 11.1 Å². The monoisotopic (exact) mass is 254 g/mol. The summed E-state index contributed by atoms with van der Waals surface area (Å²) in [5.74, 6) is 0.0458. The van der Waals surface area contributed by atoms with Crippen LogP contribution in [0.2, 0.25) is 0 Å². The van der Waals surface area contributed by atoms with Crippen LogP contribution in [0.5, 0.6) is 0 Å². The molecule has 0 saturated carbocycles. The standard InChI is InChI=1S/C13H22N2OS/c1-4-5-11(14)8-13(16)15-10(3)12-7-6-9(2)17-12/h6-7,10-11H,4-5,8,14H2,1-3H3,(H,15,16). The Bertz CT molecular complexity index is 362. The SMILES string of the molecule is CCCC(N)CC(=O)NC(C)c1ccc(C)s1. The van der Waals surface area contributed by atoms with Crippen molar-refractivity contribution in [1.29, 1.82) is 0 Å².